The van der Waals surface area contributed by atoms with E-state index in [1.54, 1.807) is 0 Å². The SMILES string of the molecule is CCC1COCCN1C(=O)c1cccc(C#CCN)c1C. The predicted octanol–water partition coefficient (Wildman–Crippen LogP) is 1.56. The summed E-state index contributed by atoms with van der Waals surface area (Å²) in [4.78, 5) is 14.7. The lowest BCUT2D eigenvalue weighted by molar-refractivity contribution is -0.00283. The molecule has 1 atom stereocenters. The van der Waals surface area contributed by atoms with Crippen LogP contribution in [0.1, 0.15) is 34.8 Å². The van der Waals surface area contributed by atoms with Crippen LogP contribution in [0.2, 0.25) is 0 Å². The van der Waals surface area contributed by atoms with E-state index < -0.39 is 0 Å². The highest BCUT2D eigenvalue weighted by Crippen LogP contribution is 2.19. The second-order valence-electron chi connectivity index (χ2n) is 5.12. The molecule has 0 radical (unpaired) electrons. The first kappa shape index (κ1) is 15.6. The Morgan fingerprint density at radius 1 is 1.52 bits per heavy atom. The molecule has 0 aliphatic carbocycles. The first-order valence-electron chi connectivity index (χ1n) is 7.36. The number of carbonyl (C=O) groups excluding carboxylic acids is 1. The van der Waals surface area contributed by atoms with Gasteiger partial charge in [-0.1, -0.05) is 24.8 Å². The molecule has 4 heteroatoms. The summed E-state index contributed by atoms with van der Waals surface area (Å²) in [5.41, 5.74) is 7.93. The number of nitrogens with two attached hydrogens (primary N) is 1. The van der Waals surface area contributed by atoms with Gasteiger partial charge in [-0.25, -0.2) is 0 Å². The normalized spacial score (nSPS) is 18.0. The number of rotatable bonds is 2. The van der Waals surface area contributed by atoms with Crippen LogP contribution in [0, 0.1) is 18.8 Å². The fourth-order valence-electron chi connectivity index (χ4n) is 2.56. The van der Waals surface area contributed by atoms with Crippen molar-refractivity contribution in [3.8, 4) is 11.8 Å². The van der Waals surface area contributed by atoms with Crippen LogP contribution >= 0.6 is 0 Å². The van der Waals surface area contributed by atoms with E-state index in [9.17, 15) is 4.79 Å². The second-order valence-corrected chi connectivity index (χ2v) is 5.12. The van der Waals surface area contributed by atoms with Crippen molar-refractivity contribution in [3.05, 3.63) is 34.9 Å². The van der Waals surface area contributed by atoms with Crippen LogP contribution in [-0.2, 0) is 4.74 Å². The van der Waals surface area contributed by atoms with E-state index in [2.05, 4.69) is 18.8 Å². The van der Waals surface area contributed by atoms with Gasteiger partial charge in [-0.15, -0.1) is 0 Å². The quantitative estimate of drug-likeness (QED) is 0.839. The molecule has 1 heterocycles. The van der Waals surface area contributed by atoms with Crippen LogP contribution in [0.5, 0.6) is 0 Å². The average molecular weight is 286 g/mol. The van der Waals surface area contributed by atoms with Gasteiger partial charge in [0, 0.05) is 17.7 Å². The Bertz CT molecular complexity index is 572. The van der Waals surface area contributed by atoms with E-state index in [0.717, 1.165) is 23.1 Å². The monoisotopic (exact) mass is 286 g/mol. The molecule has 0 aromatic heterocycles. The number of hydrogen-bond donors (Lipinski definition) is 1. The molecule has 0 bridgehead atoms. The van der Waals surface area contributed by atoms with E-state index in [0.29, 0.717) is 26.3 Å². The summed E-state index contributed by atoms with van der Waals surface area (Å²) in [6.45, 7) is 6.21. The maximum absolute atomic E-state index is 12.8. The Balaban J connectivity index is 2.30. The fourth-order valence-corrected chi connectivity index (χ4v) is 2.56. The van der Waals surface area contributed by atoms with E-state index in [1.807, 2.05) is 30.0 Å². The highest BCUT2D eigenvalue weighted by atomic mass is 16.5. The van der Waals surface area contributed by atoms with Gasteiger partial charge in [0.2, 0.25) is 0 Å². The third-order valence-corrected chi connectivity index (χ3v) is 3.85. The number of amides is 1. The molecule has 112 valence electrons. The first-order chi connectivity index (χ1) is 10.2. The number of benzene rings is 1. The minimum atomic E-state index is 0.0686. The van der Waals surface area contributed by atoms with Gasteiger partial charge in [-0.05, 0) is 31.0 Å². The Morgan fingerprint density at radius 3 is 3.05 bits per heavy atom. The van der Waals surface area contributed by atoms with Crippen molar-refractivity contribution in [3.63, 3.8) is 0 Å². The highest BCUT2D eigenvalue weighted by molar-refractivity contribution is 5.96. The number of carbonyl (C=O) groups is 1. The number of morpholine rings is 1. The van der Waals surface area contributed by atoms with Crippen molar-refractivity contribution >= 4 is 5.91 Å². The van der Waals surface area contributed by atoms with Crippen LogP contribution < -0.4 is 5.73 Å². The molecule has 4 nitrogen and oxygen atoms in total. The zero-order valence-electron chi connectivity index (χ0n) is 12.7. The van der Waals surface area contributed by atoms with Crippen LogP contribution in [0.3, 0.4) is 0 Å². The van der Waals surface area contributed by atoms with Crippen LogP contribution in [0.25, 0.3) is 0 Å². The standard InChI is InChI=1S/C17H22N2O2/c1-3-15-12-21-11-10-19(15)17(20)16-8-4-6-14(13(16)2)7-5-9-18/h4,6,8,15H,3,9-12,18H2,1-2H3. The molecule has 1 unspecified atom stereocenters. The summed E-state index contributed by atoms with van der Waals surface area (Å²) in [5, 5.41) is 0. The highest BCUT2D eigenvalue weighted by Gasteiger charge is 2.27. The van der Waals surface area contributed by atoms with Crippen molar-refractivity contribution < 1.29 is 9.53 Å². The minimum absolute atomic E-state index is 0.0686. The molecular formula is C17H22N2O2. The summed E-state index contributed by atoms with van der Waals surface area (Å²) in [7, 11) is 0. The maximum atomic E-state index is 12.8. The van der Waals surface area contributed by atoms with Gasteiger partial charge < -0.3 is 15.4 Å². The Hall–Kier alpha value is -1.83. The summed E-state index contributed by atoms with van der Waals surface area (Å²) in [5.74, 6) is 5.94. The third-order valence-electron chi connectivity index (χ3n) is 3.85. The molecule has 1 aromatic rings. The first-order valence-corrected chi connectivity index (χ1v) is 7.36. The Labute approximate surface area is 126 Å². The average Bonchev–Trinajstić information content (AvgIpc) is 2.53. The van der Waals surface area contributed by atoms with Crippen molar-refractivity contribution in [1.82, 2.24) is 4.90 Å². The zero-order valence-corrected chi connectivity index (χ0v) is 12.7. The molecule has 1 fully saturated rings. The Morgan fingerprint density at radius 2 is 2.33 bits per heavy atom. The van der Waals surface area contributed by atoms with Gasteiger partial charge in [0.1, 0.15) is 0 Å². The van der Waals surface area contributed by atoms with E-state index in [1.165, 1.54) is 0 Å². The molecule has 1 aliphatic heterocycles. The lowest BCUT2D eigenvalue weighted by atomic mass is 10.0. The topological polar surface area (TPSA) is 55.6 Å². The smallest absolute Gasteiger partial charge is 0.254 e. The number of ether oxygens (including phenoxy) is 1. The molecule has 2 N–H and O–H groups in total. The van der Waals surface area contributed by atoms with Crippen molar-refractivity contribution in [2.24, 2.45) is 5.73 Å². The molecular weight excluding hydrogens is 264 g/mol. The molecule has 2 rings (SSSR count). The second kappa shape index (κ2) is 7.26. The summed E-state index contributed by atoms with van der Waals surface area (Å²) in [6.07, 6.45) is 0.900. The van der Waals surface area contributed by atoms with Crippen molar-refractivity contribution in [2.45, 2.75) is 26.3 Å². The van der Waals surface area contributed by atoms with E-state index in [4.69, 9.17) is 10.5 Å². The molecule has 1 amide bonds. The lowest BCUT2D eigenvalue weighted by Gasteiger charge is -2.35. The molecule has 1 aliphatic rings. The van der Waals surface area contributed by atoms with E-state index in [-0.39, 0.29) is 11.9 Å². The fraction of sp³-hybridized carbons (Fsp3) is 0.471. The maximum Gasteiger partial charge on any atom is 0.254 e. The minimum Gasteiger partial charge on any atom is -0.377 e. The molecule has 0 spiro atoms. The van der Waals surface area contributed by atoms with E-state index >= 15 is 0 Å². The molecule has 1 saturated heterocycles. The number of nitrogens with zero attached hydrogens (tertiary/aromatic N) is 1. The zero-order chi connectivity index (χ0) is 15.2. The van der Waals surface area contributed by atoms with Crippen LogP contribution in [0.15, 0.2) is 18.2 Å². The van der Waals surface area contributed by atoms with Crippen molar-refractivity contribution in [2.75, 3.05) is 26.3 Å². The van der Waals surface area contributed by atoms with Gasteiger partial charge in [0.15, 0.2) is 0 Å². The van der Waals surface area contributed by atoms with Crippen molar-refractivity contribution in [1.29, 1.82) is 0 Å². The number of hydrogen-bond acceptors (Lipinski definition) is 3. The van der Waals surface area contributed by atoms with Gasteiger partial charge in [-0.2, -0.15) is 0 Å². The van der Waals surface area contributed by atoms with Gasteiger partial charge >= 0.3 is 0 Å². The molecule has 1 aromatic carbocycles. The molecule has 21 heavy (non-hydrogen) atoms. The van der Waals surface area contributed by atoms with Crippen LogP contribution in [-0.4, -0.2) is 43.2 Å². The van der Waals surface area contributed by atoms with Crippen LogP contribution in [0.4, 0.5) is 0 Å². The Kier molecular flexibility index (Phi) is 5.38. The van der Waals surface area contributed by atoms with Gasteiger partial charge in [-0.3, -0.25) is 4.79 Å². The third kappa shape index (κ3) is 3.44. The summed E-state index contributed by atoms with van der Waals surface area (Å²) < 4.78 is 5.47. The predicted molar refractivity (Wildman–Crippen MR) is 83.0 cm³/mol. The van der Waals surface area contributed by atoms with Gasteiger partial charge in [0.25, 0.3) is 5.91 Å². The van der Waals surface area contributed by atoms with Gasteiger partial charge in [0.05, 0.1) is 25.8 Å². The lowest BCUT2D eigenvalue weighted by Crippen LogP contribution is -2.48. The summed E-state index contributed by atoms with van der Waals surface area (Å²) in [6, 6.07) is 5.82. The summed E-state index contributed by atoms with van der Waals surface area (Å²) >= 11 is 0. The largest absolute Gasteiger partial charge is 0.377 e. The molecule has 0 saturated carbocycles.